The summed E-state index contributed by atoms with van der Waals surface area (Å²) in [7, 11) is 1.58. The fourth-order valence-corrected chi connectivity index (χ4v) is 2.54. The van der Waals surface area contributed by atoms with Gasteiger partial charge in [0.25, 0.3) is 5.91 Å². The topological polar surface area (TPSA) is 54.0 Å². The van der Waals surface area contributed by atoms with Crippen LogP contribution in [0.1, 0.15) is 20.9 Å². The first kappa shape index (κ1) is 13.8. The number of hydrogen-bond donors (Lipinski definition) is 2. The molecular formula is C13H14ClN3OS. The molecule has 2 rings (SSSR count). The van der Waals surface area contributed by atoms with Gasteiger partial charge < -0.3 is 10.6 Å². The minimum Gasteiger partial charge on any atom is -0.380 e. The van der Waals surface area contributed by atoms with Crippen LogP contribution in [0.25, 0.3) is 0 Å². The van der Waals surface area contributed by atoms with E-state index in [0.29, 0.717) is 17.1 Å². The van der Waals surface area contributed by atoms with Crippen molar-refractivity contribution in [3.63, 3.8) is 0 Å². The van der Waals surface area contributed by atoms with Gasteiger partial charge in [0, 0.05) is 17.6 Å². The summed E-state index contributed by atoms with van der Waals surface area (Å²) >= 11 is 7.61. The number of halogens is 1. The summed E-state index contributed by atoms with van der Waals surface area (Å²) in [5.41, 5.74) is 4.17. The van der Waals surface area contributed by atoms with E-state index in [0.717, 1.165) is 11.4 Å². The van der Waals surface area contributed by atoms with Gasteiger partial charge in [-0.1, -0.05) is 11.6 Å². The van der Waals surface area contributed by atoms with E-state index in [4.69, 9.17) is 11.6 Å². The Kier molecular flexibility index (Phi) is 4.39. The minimum atomic E-state index is -0.192. The minimum absolute atomic E-state index is 0.192. The van der Waals surface area contributed by atoms with Gasteiger partial charge in [0.2, 0.25) is 0 Å². The van der Waals surface area contributed by atoms with Crippen molar-refractivity contribution in [2.45, 2.75) is 13.5 Å². The molecule has 1 aromatic heterocycles. The van der Waals surface area contributed by atoms with E-state index >= 15 is 0 Å². The summed E-state index contributed by atoms with van der Waals surface area (Å²) in [6.07, 6.45) is 0. The molecule has 0 aliphatic carbocycles. The molecule has 0 radical (unpaired) electrons. The molecule has 0 saturated carbocycles. The standard InChI is InChI=1S/C13H14ClN3OS/c1-8-12(19-7-17-8)6-16-9-3-4-11(14)10(5-9)13(18)15-2/h3-5,7,16H,6H2,1-2H3,(H,15,18). The number of thiazole rings is 1. The van der Waals surface area contributed by atoms with E-state index in [1.807, 2.05) is 18.5 Å². The average Bonchev–Trinajstić information content (AvgIpc) is 2.82. The number of nitrogens with zero attached hydrogens (tertiary/aromatic N) is 1. The van der Waals surface area contributed by atoms with Crippen LogP contribution in [0.4, 0.5) is 5.69 Å². The molecular weight excluding hydrogens is 282 g/mol. The maximum atomic E-state index is 11.6. The zero-order valence-corrected chi connectivity index (χ0v) is 12.2. The zero-order valence-electron chi connectivity index (χ0n) is 10.7. The number of aryl methyl sites for hydroxylation is 1. The number of aromatic nitrogens is 1. The van der Waals surface area contributed by atoms with Gasteiger partial charge in [-0.15, -0.1) is 11.3 Å². The first-order chi connectivity index (χ1) is 9.11. The summed E-state index contributed by atoms with van der Waals surface area (Å²) in [5.74, 6) is -0.192. The number of rotatable bonds is 4. The lowest BCUT2D eigenvalue weighted by Gasteiger charge is -2.09. The summed E-state index contributed by atoms with van der Waals surface area (Å²) in [6.45, 7) is 2.66. The Morgan fingerprint density at radius 3 is 2.89 bits per heavy atom. The Morgan fingerprint density at radius 1 is 1.47 bits per heavy atom. The highest BCUT2D eigenvalue weighted by molar-refractivity contribution is 7.09. The Hall–Kier alpha value is -1.59. The van der Waals surface area contributed by atoms with E-state index in [1.165, 1.54) is 4.88 Å². The monoisotopic (exact) mass is 295 g/mol. The van der Waals surface area contributed by atoms with Crippen molar-refractivity contribution in [1.29, 1.82) is 0 Å². The third kappa shape index (κ3) is 3.24. The van der Waals surface area contributed by atoms with E-state index in [2.05, 4.69) is 15.6 Å². The maximum absolute atomic E-state index is 11.6. The lowest BCUT2D eigenvalue weighted by molar-refractivity contribution is 0.0963. The van der Waals surface area contributed by atoms with Crippen LogP contribution in [0.5, 0.6) is 0 Å². The SMILES string of the molecule is CNC(=O)c1cc(NCc2scnc2C)ccc1Cl. The Labute approximate surface area is 120 Å². The van der Waals surface area contributed by atoms with Crippen LogP contribution in [-0.4, -0.2) is 17.9 Å². The molecule has 6 heteroatoms. The number of amides is 1. The van der Waals surface area contributed by atoms with Crippen molar-refractivity contribution in [2.24, 2.45) is 0 Å². The maximum Gasteiger partial charge on any atom is 0.252 e. The van der Waals surface area contributed by atoms with E-state index < -0.39 is 0 Å². The number of nitrogens with one attached hydrogen (secondary N) is 2. The first-order valence-corrected chi connectivity index (χ1v) is 7.02. The number of benzene rings is 1. The predicted molar refractivity (Wildman–Crippen MR) is 79.0 cm³/mol. The quantitative estimate of drug-likeness (QED) is 0.911. The summed E-state index contributed by atoms with van der Waals surface area (Å²) in [6, 6.07) is 5.32. The Morgan fingerprint density at radius 2 is 2.26 bits per heavy atom. The number of anilines is 1. The van der Waals surface area contributed by atoms with Crippen molar-refractivity contribution < 1.29 is 4.79 Å². The Bertz CT molecular complexity index is 597. The second-order valence-electron chi connectivity index (χ2n) is 3.99. The van der Waals surface area contributed by atoms with Crippen molar-refractivity contribution in [3.05, 3.63) is 44.9 Å². The first-order valence-electron chi connectivity index (χ1n) is 5.76. The van der Waals surface area contributed by atoms with Crippen LogP contribution in [0, 0.1) is 6.92 Å². The zero-order chi connectivity index (χ0) is 13.8. The molecule has 0 unspecified atom stereocenters. The molecule has 2 N–H and O–H groups in total. The molecule has 1 aromatic carbocycles. The van der Waals surface area contributed by atoms with Crippen molar-refractivity contribution >= 4 is 34.5 Å². The largest absolute Gasteiger partial charge is 0.380 e. The highest BCUT2D eigenvalue weighted by Crippen LogP contribution is 2.22. The van der Waals surface area contributed by atoms with Gasteiger partial charge in [0.15, 0.2) is 0 Å². The van der Waals surface area contributed by atoms with Crippen molar-refractivity contribution in [2.75, 3.05) is 12.4 Å². The van der Waals surface area contributed by atoms with Crippen molar-refractivity contribution in [1.82, 2.24) is 10.3 Å². The molecule has 0 bridgehead atoms. The summed E-state index contributed by atoms with van der Waals surface area (Å²) in [4.78, 5) is 17.0. The van der Waals surface area contributed by atoms with Crippen LogP contribution in [0.2, 0.25) is 5.02 Å². The van der Waals surface area contributed by atoms with Gasteiger partial charge in [0.05, 0.1) is 28.3 Å². The predicted octanol–water partition coefficient (Wildman–Crippen LogP) is 3.08. The van der Waals surface area contributed by atoms with Crippen LogP contribution >= 0.6 is 22.9 Å². The van der Waals surface area contributed by atoms with E-state index in [-0.39, 0.29) is 5.91 Å². The van der Waals surface area contributed by atoms with E-state index in [9.17, 15) is 4.79 Å². The highest BCUT2D eigenvalue weighted by Gasteiger charge is 2.09. The Balaban J connectivity index is 2.13. The third-order valence-electron chi connectivity index (χ3n) is 2.74. The van der Waals surface area contributed by atoms with Crippen LogP contribution in [0.15, 0.2) is 23.7 Å². The van der Waals surface area contributed by atoms with Gasteiger partial charge >= 0.3 is 0 Å². The highest BCUT2D eigenvalue weighted by atomic mass is 35.5. The molecule has 2 aromatic rings. The molecule has 0 atom stereocenters. The van der Waals surface area contributed by atoms with Gasteiger partial charge in [-0.2, -0.15) is 0 Å². The van der Waals surface area contributed by atoms with Crippen LogP contribution in [0.3, 0.4) is 0 Å². The molecule has 0 aliphatic rings. The molecule has 4 nitrogen and oxygen atoms in total. The van der Waals surface area contributed by atoms with Gasteiger partial charge in [-0.25, -0.2) is 4.98 Å². The molecule has 1 amide bonds. The van der Waals surface area contributed by atoms with Crippen molar-refractivity contribution in [3.8, 4) is 0 Å². The number of hydrogen-bond acceptors (Lipinski definition) is 4. The molecule has 19 heavy (non-hydrogen) atoms. The average molecular weight is 296 g/mol. The third-order valence-corrected chi connectivity index (χ3v) is 4.00. The van der Waals surface area contributed by atoms with Crippen LogP contribution < -0.4 is 10.6 Å². The molecule has 0 spiro atoms. The van der Waals surface area contributed by atoms with Gasteiger partial charge in [0.1, 0.15) is 0 Å². The molecule has 0 fully saturated rings. The summed E-state index contributed by atoms with van der Waals surface area (Å²) in [5, 5.41) is 6.28. The smallest absolute Gasteiger partial charge is 0.252 e. The normalized spacial score (nSPS) is 10.3. The van der Waals surface area contributed by atoms with Gasteiger partial charge in [-0.3, -0.25) is 4.79 Å². The second kappa shape index (κ2) is 6.04. The number of carbonyl (C=O) groups is 1. The molecule has 0 saturated heterocycles. The fourth-order valence-electron chi connectivity index (χ4n) is 1.62. The van der Waals surface area contributed by atoms with Gasteiger partial charge in [-0.05, 0) is 25.1 Å². The van der Waals surface area contributed by atoms with E-state index in [1.54, 1.807) is 30.5 Å². The van der Waals surface area contributed by atoms with Crippen LogP contribution in [-0.2, 0) is 6.54 Å². The molecule has 100 valence electrons. The molecule has 0 aliphatic heterocycles. The second-order valence-corrected chi connectivity index (χ2v) is 5.33. The summed E-state index contributed by atoms with van der Waals surface area (Å²) < 4.78 is 0. The fraction of sp³-hybridized carbons (Fsp3) is 0.231. The lowest BCUT2D eigenvalue weighted by atomic mass is 10.2. The molecule has 1 heterocycles. The lowest BCUT2D eigenvalue weighted by Crippen LogP contribution is -2.18. The number of carbonyl (C=O) groups excluding carboxylic acids is 1.